The molecule has 2 aromatic carbocycles. The Bertz CT molecular complexity index is 1220. The third-order valence-electron chi connectivity index (χ3n) is 4.49. The van der Waals surface area contributed by atoms with Crippen molar-refractivity contribution in [2.75, 3.05) is 10.6 Å². The SMILES string of the molecule is CCC(=O)Nc1ccc(Cl)c(NC(=O)CCCn2c(=O)oc3cc([N+](=O)[O-])ccc32)c1. The fourth-order valence-electron chi connectivity index (χ4n) is 2.94. The quantitative estimate of drug-likeness (QED) is 0.397. The number of anilines is 2. The van der Waals surface area contributed by atoms with Gasteiger partial charge < -0.3 is 15.1 Å². The molecule has 1 aromatic heterocycles. The maximum atomic E-state index is 12.3. The first kappa shape index (κ1) is 22.0. The number of nitrogens with zero attached hydrogens (tertiary/aromatic N) is 2. The molecule has 31 heavy (non-hydrogen) atoms. The molecule has 0 spiro atoms. The van der Waals surface area contributed by atoms with E-state index in [2.05, 4.69) is 10.6 Å². The van der Waals surface area contributed by atoms with Gasteiger partial charge in [-0.2, -0.15) is 0 Å². The molecule has 0 saturated carbocycles. The van der Waals surface area contributed by atoms with E-state index in [-0.39, 0.29) is 36.1 Å². The number of benzene rings is 2. The van der Waals surface area contributed by atoms with Gasteiger partial charge in [-0.1, -0.05) is 18.5 Å². The van der Waals surface area contributed by atoms with Gasteiger partial charge in [0.25, 0.3) is 5.69 Å². The van der Waals surface area contributed by atoms with E-state index in [1.165, 1.54) is 22.8 Å². The molecule has 162 valence electrons. The Morgan fingerprint density at radius 1 is 1.16 bits per heavy atom. The zero-order valence-corrected chi connectivity index (χ0v) is 17.3. The second-order valence-electron chi connectivity index (χ2n) is 6.68. The van der Waals surface area contributed by atoms with Crippen LogP contribution >= 0.6 is 11.6 Å². The van der Waals surface area contributed by atoms with Crippen molar-refractivity contribution in [1.29, 1.82) is 0 Å². The van der Waals surface area contributed by atoms with Crippen LogP contribution in [0.3, 0.4) is 0 Å². The van der Waals surface area contributed by atoms with Crippen LogP contribution in [0, 0.1) is 10.1 Å². The monoisotopic (exact) mass is 446 g/mol. The van der Waals surface area contributed by atoms with Gasteiger partial charge in [0.1, 0.15) is 0 Å². The van der Waals surface area contributed by atoms with Crippen molar-refractivity contribution < 1.29 is 18.9 Å². The van der Waals surface area contributed by atoms with Crippen LogP contribution in [0.2, 0.25) is 5.02 Å². The fraction of sp³-hybridized carbons (Fsp3) is 0.250. The number of carbonyl (C=O) groups excluding carboxylic acids is 2. The number of rotatable bonds is 8. The Morgan fingerprint density at radius 2 is 1.94 bits per heavy atom. The van der Waals surface area contributed by atoms with Gasteiger partial charge in [0.2, 0.25) is 11.8 Å². The lowest BCUT2D eigenvalue weighted by molar-refractivity contribution is -0.384. The summed E-state index contributed by atoms with van der Waals surface area (Å²) >= 11 is 6.11. The van der Waals surface area contributed by atoms with Crippen LogP contribution in [-0.4, -0.2) is 21.3 Å². The van der Waals surface area contributed by atoms with Gasteiger partial charge in [-0.15, -0.1) is 0 Å². The van der Waals surface area contributed by atoms with Gasteiger partial charge in [-0.05, 0) is 30.7 Å². The number of carbonyl (C=O) groups is 2. The normalized spacial score (nSPS) is 10.8. The Balaban J connectivity index is 1.63. The second-order valence-corrected chi connectivity index (χ2v) is 7.08. The van der Waals surface area contributed by atoms with E-state index in [0.717, 1.165) is 0 Å². The standard InChI is InChI=1S/C20H19ClN4O6/c1-2-18(26)22-12-5-7-14(21)15(10-12)23-19(27)4-3-9-24-16-8-6-13(25(29)30)11-17(16)31-20(24)28/h5-8,10-11H,2-4,9H2,1H3,(H,22,26)(H,23,27). The molecule has 0 saturated heterocycles. The van der Waals surface area contributed by atoms with E-state index >= 15 is 0 Å². The Kier molecular flexibility index (Phi) is 6.71. The molecule has 0 aliphatic rings. The van der Waals surface area contributed by atoms with Crippen molar-refractivity contribution in [1.82, 2.24) is 4.57 Å². The first-order valence-electron chi connectivity index (χ1n) is 9.45. The average molecular weight is 447 g/mol. The van der Waals surface area contributed by atoms with Crippen LogP contribution in [0.15, 0.2) is 45.6 Å². The highest BCUT2D eigenvalue weighted by molar-refractivity contribution is 6.33. The molecule has 1 heterocycles. The molecular formula is C20H19ClN4O6. The summed E-state index contributed by atoms with van der Waals surface area (Å²) in [6.45, 7) is 1.92. The summed E-state index contributed by atoms with van der Waals surface area (Å²) in [5.74, 6) is -1.14. The molecule has 0 aliphatic carbocycles. The minimum atomic E-state index is -0.654. The van der Waals surface area contributed by atoms with E-state index in [1.54, 1.807) is 25.1 Å². The summed E-state index contributed by atoms with van der Waals surface area (Å²) in [5.41, 5.74) is 1.22. The zero-order chi connectivity index (χ0) is 22.5. The van der Waals surface area contributed by atoms with E-state index in [9.17, 15) is 24.5 Å². The molecule has 0 unspecified atom stereocenters. The third kappa shape index (κ3) is 5.28. The van der Waals surface area contributed by atoms with Crippen LogP contribution < -0.4 is 16.4 Å². The zero-order valence-electron chi connectivity index (χ0n) is 16.5. The molecule has 3 rings (SSSR count). The minimum Gasteiger partial charge on any atom is -0.407 e. The molecule has 0 aliphatic heterocycles. The number of aromatic nitrogens is 1. The highest BCUT2D eigenvalue weighted by atomic mass is 35.5. The largest absolute Gasteiger partial charge is 0.419 e. The minimum absolute atomic E-state index is 0.0912. The summed E-state index contributed by atoms with van der Waals surface area (Å²) in [4.78, 5) is 46.2. The predicted octanol–water partition coefficient (Wildman–Crippen LogP) is 3.92. The van der Waals surface area contributed by atoms with Crippen molar-refractivity contribution in [3.05, 3.63) is 62.1 Å². The number of hydrogen-bond donors (Lipinski definition) is 2. The highest BCUT2D eigenvalue weighted by Crippen LogP contribution is 2.26. The summed E-state index contributed by atoms with van der Waals surface area (Å²) in [7, 11) is 0. The highest BCUT2D eigenvalue weighted by Gasteiger charge is 2.15. The Labute approximate surface area is 180 Å². The number of oxazole rings is 1. The first-order valence-corrected chi connectivity index (χ1v) is 9.83. The number of aryl methyl sites for hydroxylation is 1. The number of amides is 2. The lowest BCUT2D eigenvalue weighted by Gasteiger charge is -2.10. The smallest absolute Gasteiger partial charge is 0.407 e. The number of halogens is 1. The lowest BCUT2D eigenvalue weighted by Crippen LogP contribution is -2.17. The number of nitrogens with one attached hydrogen (secondary N) is 2. The molecule has 11 heteroatoms. The Morgan fingerprint density at radius 3 is 2.65 bits per heavy atom. The number of fused-ring (bicyclic) bond motifs is 1. The maximum Gasteiger partial charge on any atom is 0.419 e. The molecule has 2 N–H and O–H groups in total. The predicted molar refractivity (Wildman–Crippen MR) is 115 cm³/mol. The maximum absolute atomic E-state index is 12.3. The Hall–Kier alpha value is -3.66. The molecule has 0 radical (unpaired) electrons. The summed E-state index contributed by atoms with van der Waals surface area (Å²) in [6, 6.07) is 8.67. The molecule has 0 bridgehead atoms. The van der Waals surface area contributed by atoms with Crippen molar-refractivity contribution in [2.24, 2.45) is 0 Å². The summed E-state index contributed by atoms with van der Waals surface area (Å²) in [6.07, 6.45) is 0.731. The number of nitro groups is 1. The van der Waals surface area contributed by atoms with Crippen molar-refractivity contribution in [3.8, 4) is 0 Å². The van der Waals surface area contributed by atoms with Crippen molar-refractivity contribution in [2.45, 2.75) is 32.7 Å². The number of non-ortho nitro benzene ring substituents is 1. The second kappa shape index (κ2) is 9.43. The van der Waals surface area contributed by atoms with E-state index in [4.69, 9.17) is 16.0 Å². The average Bonchev–Trinajstić information content (AvgIpc) is 3.04. The number of hydrogen-bond acceptors (Lipinski definition) is 6. The summed E-state index contributed by atoms with van der Waals surface area (Å²) in [5, 5.41) is 16.5. The molecule has 10 nitrogen and oxygen atoms in total. The number of nitro benzene ring substituents is 1. The first-order chi connectivity index (χ1) is 14.8. The van der Waals surface area contributed by atoms with Crippen LogP contribution in [-0.2, 0) is 16.1 Å². The fourth-order valence-corrected chi connectivity index (χ4v) is 3.10. The van der Waals surface area contributed by atoms with Gasteiger partial charge in [-0.3, -0.25) is 24.3 Å². The molecule has 0 atom stereocenters. The van der Waals surface area contributed by atoms with Crippen LogP contribution in [0.5, 0.6) is 0 Å². The van der Waals surface area contributed by atoms with E-state index in [1.807, 2.05) is 0 Å². The molecule has 2 amide bonds. The van der Waals surface area contributed by atoms with Gasteiger partial charge in [0, 0.05) is 31.1 Å². The van der Waals surface area contributed by atoms with Crippen LogP contribution in [0.4, 0.5) is 17.1 Å². The van der Waals surface area contributed by atoms with Crippen LogP contribution in [0.1, 0.15) is 26.2 Å². The summed E-state index contributed by atoms with van der Waals surface area (Å²) < 4.78 is 6.38. The van der Waals surface area contributed by atoms with Gasteiger partial charge in [-0.25, -0.2) is 4.79 Å². The van der Waals surface area contributed by atoms with E-state index in [0.29, 0.717) is 34.8 Å². The van der Waals surface area contributed by atoms with E-state index < -0.39 is 10.7 Å². The van der Waals surface area contributed by atoms with Crippen molar-refractivity contribution in [3.63, 3.8) is 0 Å². The van der Waals surface area contributed by atoms with Gasteiger partial charge in [0.15, 0.2) is 5.58 Å². The molecule has 0 fully saturated rings. The molecule has 3 aromatic rings. The third-order valence-corrected chi connectivity index (χ3v) is 4.82. The van der Waals surface area contributed by atoms with Crippen LogP contribution in [0.25, 0.3) is 11.1 Å². The van der Waals surface area contributed by atoms with Gasteiger partial charge >= 0.3 is 5.76 Å². The topological polar surface area (TPSA) is 136 Å². The molecular weight excluding hydrogens is 428 g/mol. The lowest BCUT2D eigenvalue weighted by atomic mass is 10.2. The van der Waals surface area contributed by atoms with Gasteiger partial charge in [0.05, 0.1) is 27.2 Å². The van der Waals surface area contributed by atoms with Crippen molar-refractivity contribution >= 4 is 51.6 Å².